The summed E-state index contributed by atoms with van der Waals surface area (Å²) < 4.78 is 1.42. The minimum atomic E-state index is -0.251. The van der Waals surface area contributed by atoms with Crippen LogP contribution in [0.2, 0.25) is 0 Å². The van der Waals surface area contributed by atoms with E-state index in [0.29, 0.717) is 11.7 Å². The van der Waals surface area contributed by atoms with Crippen molar-refractivity contribution < 1.29 is 9.90 Å². The zero-order valence-electron chi connectivity index (χ0n) is 14.0. The van der Waals surface area contributed by atoms with Crippen LogP contribution in [0.3, 0.4) is 0 Å². The molecule has 4 rings (SSSR count). The van der Waals surface area contributed by atoms with Gasteiger partial charge in [0, 0.05) is 44.3 Å². The summed E-state index contributed by atoms with van der Waals surface area (Å²) >= 11 is 0. The fourth-order valence-electron chi connectivity index (χ4n) is 3.70. The zero-order chi connectivity index (χ0) is 17.4. The number of carbonyl (C=O) groups is 1. The highest BCUT2D eigenvalue weighted by molar-refractivity contribution is 5.97. The van der Waals surface area contributed by atoms with Crippen LogP contribution in [-0.2, 0) is 0 Å². The van der Waals surface area contributed by atoms with Crippen LogP contribution in [-0.4, -0.2) is 86.3 Å². The van der Waals surface area contributed by atoms with Crippen LogP contribution in [0.1, 0.15) is 16.8 Å². The lowest BCUT2D eigenvalue weighted by Crippen LogP contribution is -2.48. The number of phenols is 1. The first-order valence-electron chi connectivity index (χ1n) is 8.40. The van der Waals surface area contributed by atoms with Crippen LogP contribution in [0.15, 0.2) is 24.5 Å². The number of fused-ring (bicyclic) bond motifs is 1. The molecule has 2 aliphatic heterocycles. The number of rotatable bonds is 3. The molecule has 1 aromatic carbocycles. The first-order chi connectivity index (χ1) is 12.1. The fraction of sp³-hybridized carbons (Fsp3) is 0.500. The molecule has 3 heterocycles. The van der Waals surface area contributed by atoms with Gasteiger partial charge < -0.3 is 15.3 Å². The highest BCUT2D eigenvalue weighted by Crippen LogP contribution is 2.24. The molecule has 25 heavy (non-hydrogen) atoms. The number of phenolic OH excluding ortho intramolecular Hbond substituents is 1. The summed E-state index contributed by atoms with van der Waals surface area (Å²) in [5.74, 6) is -0.333. The fourth-order valence-corrected chi connectivity index (χ4v) is 3.70. The Morgan fingerprint density at radius 1 is 1.32 bits per heavy atom. The number of benzene rings is 1. The Morgan fingerprint density at radius 2 is 2.20 bits per heavy atom. The van der Waals surface area contributed by atoms with Crippen LogP contribution >= 0.6 is 0 Å². The Balaban J connectivity index is 1.43. The van der Waals surface area contributed by atoms with Crippen molar-refractivity contribution in [1.82, 2.24) is 35.3 Å². The number of piperazine rings is 1. The highest BCUT2D eigenvalue weighted by Gasteiger charge is 2.36. The Bertz CT molecular complexity index is 764. The van der Waals surface area contributed by atoms with E-state index in [1.165, 1.54) is 17.1 Å². The first-order valence-corrected chi connectivity index (χ1v) is 8.40. The van der Waals surface area contributed by atoms with Crippen molar-refractivity contribution >= 4 is 5.91 Å². The minimum absolute atomic E-state index is 0.0825. The van der Waals surface area contributed by atoms with Crippen molar-refractivity contribution in [2.24, 2.45) is 0 Å². The van der Waals surface area contributed by atoms with Crippen molar-refractivity contribution in [2.45, 2.75) is 18.5 Å². The second-order valence-corrected chi connectivity index (χ2v) is 6.77. The molecule has 9 heteroatoms. The molecule has 2 saturated heterocycles. The molecule has 2 N–H and O–H groups in total. The van der Waals surface area contributed by atoms with Gasteiger partial charge in [-0.05, 0) is 36.0 Å². The molecule has 132 valence electrons. The number of hydrogen-bond donors (Lipinski definition) is 2. The largest absolute Gasteiger partial charge is 0.507 e. The third-order valence-electron chi connectivity index (χ3n) is 4.99. The van der Waals surface area contributed by atoms with Crippen LogP contribution in [0.25, 0.3) is 5.69 Å². The Hall–Kier alpha value is -2.52. The molecule has 0 unspecified atom stereocenters. The van der Waals surface area contributed by atoms with Crippen LogP contribution in [0.5, 0.6) is 5.75 Å². The number of nitrogens with zero attached hydrogens (tertiary/aromatic N) is 6. The van der Waals surface area contributed by atoms with Crippen LogP contribution in [0.4, 0.5) is 0 Å². The maximum absolute atomic E-state index is 12.5. The van der Waals surface area contributed by atoms with Gasteiger partial charge >= 0.3 is 0 Å². The van der Waals surface area contributed by atoms with Gasteiger partial charge in [-0.15, -0.1) is 5.10 Å². The number of nitrogens with one attached hydrogen (secondary N) is 1. The van der Waals surface area contributed by atoms with Crippen molar-refractivity contribution in [3.63, 3.8) is 0 Å². The van der Waals surface area contributed by atoms with Crippen molar-refractivity contribution in [1.29, 1.82) is 0 Å². The normalized spacial score (nSPS) is 24.2. The molecule has 1 amide bonds. The van der Waals surface area contributed by atoms with E-state index in [4.69, 9.17) is 0 Å². The lowest BCUT2D eigenvalue weighted by molar-refractivity contribution is 0.0934. The topological polar surface area (TPSA) is 99.4 Å². The van der Waals surface area contributed by atoms with E-state index >= 15 is 0 Å². The SMILES string of the molecule is CN1CCN2C[C@@H](NC(=O)c3ccc(-n4cnnn4)cc3O)C[C@H]2C1. The van der Waals surface area contributed by atoms with E-state index in [-0.39, 0.29) is 23.3 Å². The molecule has 0 saturated carbocycles. The Kier molecular flexibility index (Phi) is 4.10. The van der Waals surface area contributed by atoms with E-state index in [1.807, 2.05) is 0 Å². The second-order valence-electron chi connectivity index (χ2n) is 6.77. The van der Waals surface area contributed by atoms with E-state index in [0.717, 1.165) is 32.6 Å². The van der Waals surface area contributed by atoms with Crippen molar-refractivity contribution in [3.8, 4) is 11.4 Å². The molecule has 2 atom stereocenters. The summed E-state index contributed by atoms with van der Waals surface area (Å²) in [4.78, 5) is 17.3. The summed E-state index contributed by atoms with van der Waals surface area (Å²) in [6.45, 7) is 4.02. The molecule has 2 aliphatic rings. The molecule has 0 spiro atoms. The van der Waals surface area contributed by atoms with Crippen LogP contribution < -0.4 is 5.32 Å². The molecule has 9 nitrogen and oxygen atoms in total. The molecule has 0 radical (unpaired) electrons. The van der Waals surface area contributed by atoms with Gasteiger partial charge in [0.25, 0.3) is 5.91 Å². The van der Waals surface area contributed by atoms with Gasteiger partial charge in [-0.1, -0.05) is 0 Å². The van der Waals surface area contributed by atoms with Gasteiger partial charge in [-0.2, -0.15) is 0 Å². The molecular weight excluding hydrogens is 322 g/mol. The maximum atomic E-state index is 12.5. The number of aromatic hydroxyl groups is 1. The third-order valence-corrected chi connectivity index (χ3v) is 4.99. The van der Waals surface area contributed by atoms with E-state index in [1.54, 1.807) is 12.1 Å². The van der Waals surface area contributed by atoms with Crippen molar-refractivity contribution in [2.75, 3.05) is 33.2 Å². The van der Waals surface area contributed by atoms with Crippen molar-refractivity contribution in [3.05, 3.63) is 30.1 Å². The standard InChI is InChI=1S/C16H21N7O2/c1-21-4-5-22-8-11(6-13(22)9-21)18-16(25)14-3-2-12(7-15(14)24)23-10-17-19-20-23/h2-3,7,10-11,13,24H,4-6,8-9H2,1H3,(H,18,25)/t11-,13-/m0/s1. The lowest BCUT2D eigenvalue weighted by Gasteiger charge is -2.34. The lowest BCUT2D eigenvalue weighted by atomic mass is 10.1. The van der Waals surface area contributed by atoms with Crippen LogP contribution in [0, 0.1) is 0 Å². The zero-order valence-corrected chi connectivity index (χ0v) is 14.0. The molecule has 0 aliphatic carbocycles. The summed E-state index contributed by atoms with van der Waals surface area (Å²) in [5, 5.41) is 24.2. The van der Waals surface area contributed by atoms with Gasteiger partial charge in [0.1, 0.15) is 12.1 Å². The third kappa shape index (κ3) is 3.20. The summed E-state index contributed by atoms with van der Waals surface area (Å²) in [6, 6.07) is 5.40. The summed E-state index contributed by atoms with van der Waals surface area (Å²) in [7, 11) is 2.13. The van der Waals surface area contributed by atoms with E-state index < -0.39 is 0 Å². The number of likely N-dealkylation sites (N-methyl/N-ethyl adjacent to an activating group) is 1. The Morgan fingerprint density at radius 3 is 2.96 bits per heavy atom. The number of aromatic nitrogens is 4. The Labute approximate surface area is 145 Å². The first kappa shape index (κ1) is 16.0. The highest BCUT2D eigenvalue weighted by atomic mass is 16.3. The quantitative estimate of drug-likeness (QED) is 0.774. The van der Waals surface area contributed by atoms with Gasteiger partial charge in [-0.25, -0.2) is 4.68 Å². The van der Waals surface area contributed by atoms with Gasteiger partial charge in [0.05, 0.1) is 11.3 Å². The van der Waals surface area contributed by atoms with E-state index in [9.17, 15) is 9.90 Å². The van der Waals surface area contributed by atoms with Gasteiger partial charge in [-0.3, -0.25) is 9.69 Å². The smallest absolute Gasteiger partial charge is 0.255 e. The molecule has 0 bridgehead atoms. The number of hydrogen-bond acceptors (Lipinski definition) is 7. The number of amides is 1. The molecule has 2 fully saturated rings. The molecular formula is C16H21N7O2. The predicted octanol–water partition coefficient (Wildman–Crippen LogP) is -0.514. The van der Waals surface area contributed by atoms with Gasteiger partial charge in [0.15, 0.2) is 0 Å². The number of tetrazole rings is 1. The van der Waals surface area contributed by atoms with Gasteiger partial charge in [0.2, 0.25) is 0 Å². The maximum Gasteiger partial charge on any atom is 0.255 e. The van der Waals surface area contributed by atoms with E-state index in [2.05, 4.69) is 37.7 Å². The summed E-state index contributed by atoms with van der Waals surface area (Å²) in [6.07, 6.45) is 2.37. The molecule has 1 aromatic heterocycles. The monoisotopic (exact) mass is 343 g/mol. The second kappa shape index (κ2) is 6.41. The average molecular weight is 343 g/mol. The average Bonchev–Trinajstić information content (AvgIpc) is 3.23. The minimum Gasteiger partial charge on any atom is -0.507 e. The number of carbonyl (C=O) groups excluding carboxylic acids is 1. The molecule has 2 aromatic rings. The summed E-state index contributed by atoms with van der Waals surface area (Å²) in [5.41, 5.74) is 0.860. The predicted molar refractivity (Wildman–Crippen MR) is 89.5 cm³/mol.